The molecule has 1 aromatic carbocycles. The molecule has 0 fully saturated rings. The molecule has 0 spiro atoms. The van der Waals surface area contributed by atoms with Gasteiger partial charge in [-0.15, -0.1) is 11.8 Å². The number of carbonyl (C=O) groups excluding carboxylic acids is 1. The Morgan fingerprint density at radius 1 is 1.27 bits per heavy atom. The van der Waals surface area contributed by atoms with Crippen molar-refractivity contribution in [3.8, 4) is 6.07 Å². The molecular weight excluding hydrogens is 292 g/mol. The predicted molar refractivity (Wildman–Crippen MR) is 89.1 cm³/mol. The van der Waals surface area contributed by atoms with E-state index in [2.05, 4.69) is 11.4 Å². The highest BCUT2D eigenvalue weighted by atomic mass is 32.2. The molecule has 1 aromatic rings. The molecule has 0 bridgehead atoms. The molecule has 0 unspecified atom stereocenters. The van der Waals surface area contributed by atoms with Gasteiger partial charge in [-0.25, -0.2) is 0 Å². The third-order valence-electron chi connectivity index (χ3n) is 4.28. The Balaban J connectivity index is 2.18. The second-order valence-electron chi connectivity index (χ2n) is 5.70. The summed E-state index contributed by atoms with van der Waals surface area (Å²) in [5.41, 5.74) is 4.66. The van der Waals surface area contributed by atoms with Gasteiger partial charge in [0.1, 0.15) is 0 Å². The number of rotatable bonds is 2. The number of nitrogens with zero attached hydrogens (tertiary/aromatic N) is 1. The first-order valence-electron chi connectivity index (χ1n) is 7.43. The van der Waals surface area contributed by atoms with Gasteiger partial charge >= 0.3 is 0 Å². The van der Waals surface area contributed by atoms with Gasteiger partial charge in [-0.05, 0) is 31.6 Å². The predicted octanol–water partition coefficient (Wildman–Crippen LogP) is 3.79. The molecule has 0 aromatic heterocycles. The van der Waals surface area contributed by atoms with Crippen LogP contribution in [0, 0.1) is 18.3 Å². The van der Waals surface area contributed by atoms with Crippen molar-refractivity contribution >= 4 is 17.5 Å². The molecule has 112 valence electrons. The molecule has 1 aliphatic carbocycles. The average molecular weight is 310 g/mol. The first-order valence-corrected chi connectivity index (χ1v) is 8.66. The maximum atomic E-state index is 12.5. The SMILES string of the molecule is CSC1=C(C#N)[C@H](c2ccc(C)cc2)C2=C(CCCC2=O)N1. The van der Waals surface area contributed by atoms with Crippen LogP contribution in [0.1, 0.15) is 36.3 Å². The van der Waals surface area contributed by atoms with E-state index in [9.17, 15) is 10.1 Å². The van der Waals surface area contributed by atoms with E-state index in [0.717, 1.165) is 34.7 Å². The van der Waals surface area contributed by atoms with Crippen LogP contribution in [-0.2, 0) is 4.79 Å². The Hall–Kier alpha value is -1.99. The molecule has 3 rings (SSSR count). The smallest absolute Gasteiger partial charge is 0.161 e. The summed E-state index contributed by atoms with van der Waals surface area (Å²) < 4.78 is 0. The molecule has 22 heavy (non-hydrogen) atoms. The Bertz CT molecular complexity index is 722. The van der Waals surface area contributed by atoms with Crippen LogP contribution in [0.15, 0.2) is 46.1 Å². The van der Waals surface area contributed by atoms with Gasteiger partial charge in [-0.3, -0.25) is 4.79 Å². The molecule has 4 heteroatoms. The summed E-state index contributed by atoms with van der Waals surface area (Å²) in [4.78, 5) is 12.5. The molecule has 0 saturated carbocycles. The third kappa shape index (κ3) is 2.46. The second-order valence-corrected chi connectivity index (χ2v) is 6.51. The number of benzene rings is 1. The van der Waals surface area contributed by atoms with E-state index in [1.54, 1.807) is 0 Å². The van der Waals surface area contributed by atoms with Crippen LogP contribution >= 0.6 is 11.8 Å². The third-order valence-corrected chi connectivity index (χ3v) is 5.01. The van der Waals surface area contributed by atoms with Crippen LogP contribution in [0.5, 0.6) is 0 Å². The van der Waals surface area contributed by atoms with E-state index in [0.29, 0.717) is 12.0 Å². The van der Waals surface area contributed by atoms with Crippen molar-refractivity contribution in [1.29, 1.82) is 5.26 Å². The zero-order valence-electron chi connectivity index (χ0n) is 12.8. The van der Waals surface area contributed by atoms with E-state index in [4.69, 9.17) is 0 Å². The molecular formula is C18H18N2OS. The largest absolute Gasteiger partial charge is 0.352 e. The molecule has 1 atom stereocenters. The number of hydrogen-bond acceptors (Lipinski definition) is 4. The number of nitrogens with one attached hydrogen (secondary N) is 1. The highest BCUT2D eigenvalue weighted by Crippen LogP contribution is 2.43. The van der Waals surface area contributed by atoms with Crippen molar-refractivity contribution < 1.29 is 4.79 Å². The van der Waals surface area contributed by atoms with Crippen LogP contribution < -0.4 is 5.32 Å². The van der Waals surface area contributed by atoms with E-state index >= 15 is 0 Å². The van der Waals surface area contributed by atoms with Crippen LogP contribution in [0.4, 0.5) is 0 Å². The Labute approximate surface area is 135 Å². The minimum Gasteiger partial charge on any atom is -0.352 e. The lowest BCUT2D eigenvalue weighted by Gasteiger charge is -2.33. The van der Waals surface area contributed by atoms with Crippen molar-refractivity contribution in [2.45, 2.75) is 32.1 Å². The second kappa shape index (κ2) is 6.02. The lowest BCUT2D eigenvalue weighted by molar-refractivity contribution is -0.116. The van der Waals surface area contributed by atoms with E-state index in [1.807, 2.05) is 37.4 Å². The number of aryl methyl sites for hydroxylation is 1. The van der Waals surface area contributed by atoms with Gasteiger partial charge in [0.05, 0.1) is 22.6 Å². The van der Waals surface area contributed by atoms with E-state index in [1.165, 1.54) is 17.3 Å². The zero-order chi connectivity index (χ0) is 15.7. The lowest BCUT2D eigenvalue weighted by Crippen LogP contribution is -2.31. The van der Waals surface area contributed by atoms with Gasteiger partial charge in [-0.1, -0.05) is 29.8 Å². The number of hydrogen-bond donors (Lipinski definition) is 1. The summed E-state index contributed by atoms with van der Waals surface area (Å²) in [7, 11) is 0. The number of allylic oxidation sites excluding steroid dienone is 3. The first kappa shape index (κ1) is 14.9. The molecule has 1 N–H and O–H groups in total. The lowest BCUT2D eigenvalue weighted by atomic mass is 9.77. The van der Waals surface area contributed by atoms with Crippen molar-refractivity contribution in [3.63, 3.8) is 0 Å². The quantitative estimate of drug-likeness (QED) is 0.903. The van der Waals surface area contributed by atoms with Crippen LogP contribution in [0.25, 0.3) is 0 Å². The minimum atomic E-state index is -0.225. The summed E-state index contributed by atoms with van der Waals surface area (Å²) in [5, 5.41) is 13.9. The summed E-state index contributed by atoms with van der Waals surface area (Å²) in [6, 6.07) is 10.5. The van der Waals surface area contributed by atoms with E-state index < -0.39 is 0 Å². The normalized spacial score (nSPS) is 21.3. The van der Waals surface area contributed by atoms with Crippen LogP contribution in [0.3, 0.4) is 0 Å². The first-order chi connectivity index (χ1) is 10.7. The topological polar surface area (TPSA) is 52.9 Å². The summed E-state index contributed by atoms with van der Waals surface area (Å²) in [6.45, 7) is 2.04. The molecule has 0 saturated heterocycles. The van der Waals surface area contributed by atoms with Crippen molar-refractivity contribution in [1.82, 2.24) is 5.32 Å². The fraction of sp³-hybridized carbons (Fsp3) is 0.333. The zero-order valence-corrected chi connectivity index (χ0v) is 13.6. The van der Waals surface area contributed by atoms with Crippen LogP contribution in [0.2, 0.25) is 0 Å². The highest BCUT2D eigenvalue weighted by Gasteiger charge is 2.36. The van der Waals surface area contributed by atoms with Crippen molar-refractivity contribution in [2.75, 3.05) is 6.26 Å². The van der Waals surface area contributed by atoms with Gasteiger partial charge in [0.15, 0.2) is 5.78 Å². The molecule has 2 aliphatic rings. The van der Waals surface area contributed by atoms with Crippen LogP contribution in [-0.4, -0.2) is 12.0 Å². The molecule has 0 amide bonds. The monoisotopic (exact) mass is 310 g/mol. The Morgan fingerprint density at radius 3 is 2.64 bits per heavy atom. The van der Waals surface area contributed by atoms with Gasteiger partial charge in [0.25, 0.3) is 0 Å². The van der Waals surface area contributed by atoms with Gasteiger partial charge < -0.3 is 5.32 Å². The highest BCUT2D eigenvalue weighted by molar-refractivity contribution is 8.02. The standard InChI is InChI=1S/C18H18N2OS/c1-11-6-8-12(9-7-11)16-13(10-19)18(22-2)20-14-4-3-5-15(21)17(14)16/h6-9,16,20H,3-5H2,1-2H3/t16-/m0/s1. The average Bonchev–Trinajstić information content (AvgIpc) is 2.54. The number of dihydropyridines is 1. The Morgan fingerprint density at radius 2 is 2.00 bits per heavy atom. The van der Waals surface area contributed by atoms with E-state index in [-0.39, 0.29) is 11.7 Å². The van der Waals surface area contributed by atoms with Gasteiger partial charge in [0, 0.05) is 17.7 Å². The summed E-state index contributed by atoms with van der Waals surface area (Å²) >= 11 is 1.54. The molecule has 1 heterocycles. The fourth-order valence-corrected chi connectivity index (χ4v) is 3.79. The van der Waals surface area contributed by atoms with Gasteiger partial charge in [-0.2, -0.15) is 5.26 Å². The number of ketones is 1. The molecule has 1 aliphatic heterocycles. The minimum absolute atomic E-state index is 0.173. The van der Waals surface area contributed by atoms with Crippen molar-refractivity contribution in [3.05, 3.63) is 57.3 Å². The molecule has 0 radical (unpaired) electrons. The molecule has 3 nitrogen and oxygen atoms in total. The summed E-state index contributed by atoms with van der Waals surface area (Å²) in [5.74, 6) is -0.0515. The number of Topliss-reactive ketones (excluding diaryl/α,β-unsaturated/α-hetero) is 1. The number of nitriles is 1. The maximum Gasteiger partial charge on any atom is 0.161 e. The fourth-order valence-electron chi connectivity index (χ4n) is 3.18. The van der Waals surface area contributed by atoms with Crippen molar-refractivity contribution in [2.24, 2.45) is 0 Å². The number of carbonyl (C=O) groups is 1. The maximum absolute atomic E-state index is 12.5. The Kier molecular flexibility index (Phi) is 4.08. The van der Waals surface area contributed by atoms with Gasteiger partial charge in [0.2, 0.25) is 0 Å². The summed E-state index contributed by atoms with van der Waals surface area (Å²) in [6.07, 6.45) is 4.30. The number of thioether (sulfide) groups is 1.